The van der Waals surface area contributed by atoms with Gasteiger partial charge in [-0.15, -0.1) is 0 Å². The fraction of sp³-hybridized carbons (Fsp3) is 0.667. The molecule has 0 unspecified atom stereocenters. The van der Waals surface area contributed by atoms with E-state index in [1.165, 1.54) is 231 Å². The van der Waals surface area contributed by atoms with Gasteiger partial charge in [-0.3, -0.25) is 9.98 Å². The first kappa shape index (κ1) is 73.5. The molecule has 0 aliphatic carbocycles. The summed E-state index contributed by atoms with van der Waals surface area (Å²) in [6.45, 7) is 13.5. The van der Waals surface area contributed by atoms with Crippen LogP contribution in [0.3, 0.4) is 0 Å². The van der Waals surface area contributed by atoms with Gasteiger partial charge < -0.3 is 28.4 Å². The van der Waals surface area contributed by atoms with E-state index in [0.29, 0.717) is 13.2 Å². The fourth-order valence-electron chi connectivity index (χ4n) is 10.9. The van der Waals surface area contributed by atoms with Crippen LogP contribution in [0.5, 0.6) is 34.5 Å². The Morgan fingerprint density at radius 1 is 0.233 bits per heavy atom. The highest BCUT2D eigenvalue weighted by molar-refractivity contribution is 5.84. The molecule has 0 saturated heterocycles. The highest BCUT2D eigenvalue weighted by Crippen LogP contribution is 2.31. The minimum Gasteiger partial charge on any atom is -0.494 e. The number of hydrogen-bond acceptors (Lipinski definition) is 8. The number of benzene rings is 4. The van der Waals surface area contributed by atoms with E-state index in [2.05, 4.69) is 64.1 Å². The van der Waals surface area contributed by atoms with Crippen LogP contribution < -0.4 is 28.4 Å². The fourth-order valence-corrected chi connectivity index (χ4v) is 10.9. The summed E-state index contributed by atoms with van der Waals surface area (Å²) in [6.07, 6.45) is 57.3. The molecule has 482 valence electrons. The lowest BCUT2D eigenvalue weighted by molar-refractivity contribution is 0.258. The SMILES string of the molecule is CCCCCCCCCCOc1ccc(C=Nc2ccc(OCCCCCCCCCCCCOc3ccc(N=Cc4ccc(OCCCCCCCCCC)c(OCCCCCCCCCC)c4)cc3)cc2)cc1OCCCCCCCCCC. The second-order valence-corrected chi connectivity index (χ2v) is 24.4. The van der Waals surface area contributed by atoms with Gasteiger partial charge in [-0.05, 0) is 135 Å². The van der Waals surface area contributed by atoms with Crippen molar-refractivity contribution in [3.05, 3.63) is 96.1 Å². The summed E-state index contributed by atoms with van der Waals surface area (Å²) >= 11 is 0. The largest absolute Gasteiger partial charge is 0.494 e. The Morgan fingerprint density at radius 2 is 0.453 bits per heavy atom. The van der Waals surface area contributed by atoms with E-state index in [4.69, 9.17) is 38.4 Å². The summed E-state index contributed by atoms with van der Waals surface area (Å²) in [5, 5.41) is 0. The van der Waals surface area contributed by atoms with Crippen LogP contribution in [0.4, 0.5) is 11.4 Å². The molecule has 0 aromatic heterocycles. The summed E-state index contributed by atoms with van der Waals surface area (Å²) in [5.74, 6) is 5.14. The van der Waals surface area contributed by atoms with Crippen LogP contribution in [0.1, 0.15) is 308 Å². The highest BCUT2D eigenvalue weighted by Gasteiger charge is 2.10. The lowest BCUT2D eigenvalue weighted by Gasteiger charge is -2.14. The van der Waals surface area contributed by atoms with E-state index < -0.39 is 0 Å². The second-order valence-electron chi connectivity index (χ2n) is 24.4. The molecule has 4 aromatic carbocycles. The molecule has 86 heavy (non-hydrogen) atoms. The Hall–Kier alpha value is -4.98. The van der Waals surface area contributed by atoms with E-state index in [-0.39, 0.29) is 0 Å². The molecule has 8 nitrogen and oxygen atoms in total. The Balaban J connectivity index is 1.05. The standard InChI is InChI=1S/C78H124N2O6/c1-5-9-13-17-21-29-37-43-61-83-75-57-47-69(65-77(75)85-63-45-39-31-23-19-15-11-7-3)67-79-71-49-53-73(54-50-71)81-59-41-35-33-27-25-26-28-34-36-42-60-82-74-55-51-72(52-56-74)80-68-70-48-58-76(84-62-44-38-30-22-18-14-10-6-2)78(66-70)86-64-46-40-32-24-20-16-12-8-4/h47-58,65-68H,5-46,59-64H2,1-4H3. The zero-order valence-electron chi connectivity index (χ0n) is 55.5. The van der Waals surface area contributed by atoms with E-state index >= 15 is 0 Å². The second kappa shape index (κ2) is 53.1. The number of aliphatic imine (C=N–C) groups is 2. The number of nitrogens with zero attached hydrogens (tertiary/aromatic N) is 2. The van der Waals surface area contributed by atoms with Gasteiger partial charge in [0.15, 0.2) is 23.0 Å². The van der Waals surface area contributed by atoms with Crippen LogP contribution in [0, 0.1) is 0 Å². The van der Waals surface area contributed by atoms with Gasteiger partial charge in [-0.1, -0.05) is 259 Å². The first-order chi connectivity index (χ1) is 42.6. The van der Waals surface area contributed by atoms with Crippen LogP contribution in [-0.4, -0.2) is 52.1 Å². The van der Waals surface area contributed by atoms with Crippen molar-refractivity contribution in [2.75, 3.05) is 39.6 Å². The Labute approximate surface area is 527 Å². The van der Waals surface area contributed by atoms with Gasteiger partial charge in [0.2, 0.25) is 0 Å². The first-order valence-corrected chi connectivity index (χ1v) is 35.9. The number of unbranched alkanes of at least 4 members (excludes halogenated alkanes) is 37. The molecular formula is C78H124N2O6. The molecule has 0 radical (unpaired) electrons. The number of ether oxygens (including phenoxy) is 6. The molecule has 4 aromatic rings. The molecule has 0 amide bonds. The van der Waals surface area contributed by atoms with E-state index in [0.717, 1.165) is 122 Å². The van der Waals surface area contributed by atoms with Gasteiger partial charge in [-0.2, -0.15) is 0 Å². The van der Waals surface area contributed by atoms with Crippen molar-refractivity contribution < 1.29 is 28.4 Å². The first-order valence-electron chi connectivity index (χ1n) is 35.9. The Morgan fingerprint density at radius 3 is 0.709 bits per heavy atom. The maximum atomic E-state index is 6.36. The minimum atomic E-state index is 0.713. The van der Waals surface area contributed by atoms with Gasteiger partial charge >= 0.3 is 0 Å². The number of hydrogen-bond donors (Lipinski definition) is 0. The molecule has 0 aliphatic heterocycles. The minimum absolute atomic E-state index is 0.713. The molecule has 0 bridgehead atoms. The van der Waals surface area contributed by atoms with E-state index in [1.807, 2.05) is 61.0 Å². The van der Waals surface area contributed by atoms with E-state index in [1.54, 1.807) is 0 Å². The monoisotopic (exact) mass is 1180 g/mol. The predicted molar refractivity (Wildman–Crippen MR) is 370 cm³/mol. The van der Waals surface area contributed by atoms with Crippen LogP contribution in [0.25, 0.3) is 0 Å². The van der Waals surface area contributed by atoms with Crippen LogP contribution in [0.2, 0.25) is 0 Å². The maximum absolute atomic E-state index is 6.36. The summed E-state index contributed by atoms with van der Waals surface area (Å²) in [4.78, 5) is 9.59. The summed E-state index contributed by atoms with van der Waals surface area (Å²) in [7, 11) is 0. The average Bonchev–Trinajstić information content (AvgIpc) is 3.70. The van der Waals surface area contributed by atoms with Crippen LogP contribution in [-0.2, 0) is 0 Å². The molecule has 0 aliphatic rings. The molecule has 8 heteroatoms. The van der Waals surface area contributed by atoms with Gasteiger partial charge in [0.25, 0.3) is 0 Å². The topological polar surface area (TPSA) is 80.1 Å². The summed E-state index contributed by atoms with van der Waals surface area (Å²) < 4.78 is 37.5. The highest BCUT2D eigenvalue weighted by atomic mass is 16.5. The van der Waals surface area contributed by atoms with Gasteiger partial charge in [0, 0.05) is 12.4 Å². The third kappa shape index (κ3) is 38.3. The molecule has 4 rings (SSSR count). The maximum Gasteiger partial charge on any atom is 0.161 e. The van der Waals surface area contributed by atoms with E-state index in [9.17, 15) is 0 Å². The van der Waals surface area contributed by atoms with Gasteiger partial charge in [0.05, 0.1) is 51.0 Å². The van der Waals surface area contributed by atoms with Crippen molar-refractivity contribution in [1.29, 1.82) is 0 Å². The molecule has 0 spiro atoms. The van der Waals surface area contributed by atoms with Crippen molar-refractivity contribution >= 4 is 23.8 Å². The summed E-state index contributed by atoms with van der Waals surface area (Å²) in [5.41, 5.74) is 3.83. The van der Waals surface area contributed by atoms with Crippen molar-refractivity contribution in [1.82, 2.24) is 0 Å². The lowest BCUT2D eigenvalue weighted by atomic mass is 10.1. The zero-order valence-corrected chi connectivity index (χ0v) is 55.5. The normalized spacial score (nSPS) is 11.5. The summed E-state index contributed by atoms with van der Waals surface area (Å²) in [6, 6.07) is 28.7. The lowest BCUT2D eigenvalue weighted by Crippen LogP contribution is -2.03. The Kier molecular flexibility index (Phi) is 45.4. The molecule has 0 N–H and O–H groups in total. The third-order valence-electron chi connectivity index (χ3n) is 16.4. The van der Waals surface area contributed by atoms with Gasteiger partial charge in [-0.25, -0.2) is 0 Å². The van der Waals surface area contributed by atoms with Crippen molar-refractivity contribution in [3.8, 4) is 34.5 Å². The molecule has 0 fully saturated rings. The predicted octanol–water partition coefficient (Wildman–Crippen LogP) is 24.6. The van der Waals surface area contributed by atoms with Crippen LogP contribution >= 0.6 is 0 Å². The smallest absolute Gasteiger partial charge is 0.161 e. The zero-order chi connectivity index (χ0) is 60.7. The third-order valence-corrected chi connectivity index (χ3v) is 16.4. The van der Waals surface area contributed by atoms with Crippen molar-refractivity contribution in [3.63, 3.8) is 0 Å². The quantitative estimate of drug-likeness (QED) is 0.0324. The molecular weight excluding hydrogens is 1060 g/mol. The molecule has 0 atom stereocenters. The van der Waals surface area contributed by atoms with Crippen LogP contribution in [0.15, 0.2) is 94.9 Å². The molecule has 0 saturated carbocycles. The average molecular weight is 1190 g/mol. The number of rotatable bonds is 59. The molecule has 0 heterocycles. The van der Waals surface area contributed by atoms with Gasteiger partial charge in [0.1, 0.15) is 11.5 Å². The van der Waals surface area contributed by atoms with Crippen molar-refractivity contribution in [2.24, 2.45) is 9.98 Å². The van der Waals surface area contributed by atoms with Crippen molar-refractivity contribution in [2.45, 2.75) is 297 Å². The Bertz CT molecular complexity index is 2070.